The van der Waals surface area contributed by atoms with Crippen molar-refractivity contribution in [2.75, 3.05) is 14.1 Å². The van der Waals surface area contributed by atoms with Gasteiger partial charge in [-0.1, -0.05) is 18.2 Å². The van der Waals surface area contributed by atoms with Crippen LogP contribution in [-0.2, 0) is 7.05 Å². The Morgan fingerprint density at radius 1 is 1.22 bits per heavy atom. The standard InChI is InChI=1S/C13H16N4S/c1-16(2)12(14-11-7-5-4-6-8-11)15-13-17(3)9-10-18-13/h4-10H,1-3H3. The van der Waals surface area contributed by atoms with Crippen LogP contribution in [-0.4, -0.2) is 29.5 Å². The van der Waals surface area contributed by atoms with E-state index in [1.807, 2.05) is 72.5 Å². The molecular formula is C13H16N4S. The Kier molecular flexibility index (Phi) is 3.94. The smallest absolute Gasteiger partial charge is 0.228 e. The van der Waals surface area contributed by atoms with Gasteiger partial charge in [0.25, 0.3) is 0 Å². The number of thiazole rings is 1. The van der Waals surface area contributed by atoms with Crippen LogP contribution in [0.15, 0.2) is 51.9 Å². The fraction of sp³-hybridized carbons (Fsp3) is 0.231. The van der Waals surface area contributed by atoms with Crippen molar-refractivity contribution in [1.82, 2.24) is 9.47 Å². The van der Waals surface area contributed by atoms with Crippen molar-refractivity contribution in [2.45, 2.75) is 0 Å². The number of benzene rings is 1. The lowest BCUT2D eigenvalue weighted by molar-refractivity contribution is 0.611. The molecule has 4 nitrogen and oxygen atoms in total. The number of hydrogen-bond donors (Lipinski definition) is 0. The quantitative estimate of drug-likeness (QED) is 0.572. The third-order valence-corrected chi connectivity index (χ3v) is 3.19. The lowest BCUT2D eigenvalue weighted by atomic mass is 10.3. The molecule has 0 N–H and O–H groups in total. The normalized spacial score (nSPS) is 12.8. The third kappa shape index (κ3) is 3.07. The maximum absolute atomic E-state index is 4.57. The topological polar surface area (TPSA) is 32.9 Å². The second-order valence-corrected chi connectivity index (χ2v) is 4.92. The number of rotatable bonds is 1. The van der Waals surface area contributed by atoms with E-state index in [-0.39, 0.29) is 0 Å². The first-order valence-electron chi connectivity index (χ1n) is 5.63. The molecule has 0 radical (unpaired) electrons. The maximum atomic E-state index is 4.57. The molecule has 1 aromatic heterocycles. The van der Waals surface area contributed by atoms with Gasteiger partial charge in [0.15, 0.2) is 4.80 Å². The summed E-state index contributed by atoms with van der Waals surface area (Å²) in [6.07, 6.45) is 1.99. The van der Waals surface area contributed by atoms with Crippen molar-refractivity contribution in [3.05, 3.63) is 46.7 Å². The van der Waals surface area contributed by atoms with Gasteiger partial charge in [-0.05, 0) is 12.1 Å². The minimum atomic E-state index is 0.694. The minimum absolute atomic E-state index is 0.694. The summed E-state index contributed by atoms with van der Waals surface area (Å²) in [4.78, 5) is 12.0. The van der Waals surface area contributed by atoms with Crippen LogP contribution >= 0.6 is 11.3 Å². The number of guanidine groups is 1. The van der Waals surface area contributed by atoms with Crippen LogP contribution in [0.1, 0.15) is 0 Å². The van der Waals surface area contributed by atoms with Crippen LogP contribution in [0.25, 0.3) is 0 Å². The summed E-state index contributed by atoms with van der Waals surface area (Å²) >= 11 is 1.59. The molecule has 1 aromatic carbocycles. The largest absolute Gasteiger partial charge is 0.347 e. The highest BCUT2D eigenvalue weighted by atomic mass is 32.1. The van der Waals surface area contributed by atoms with Crippen LogP contribution in [0.5, 0.6) is 0 Å². The Hall–Kier alpha value is -1.88. The van der Waals surface area contributed by atoms with E-state index in [1.165, 1.54) is 0 Å². The van der Waals surface area contributed by atoms with Gasteiger partial charge in [0, 0.05) is 32.7 Å². The van der Waals surface area contributed by atoms with Gasteiger partial charge in [0.1, 0.15) is 0 Å². The average Bonchev–Trinajstić information content (AvgIpc) is 2.75. The van der Waals surface area contributed by atoms with Gasteiger partial charge in [0.2, 0.25) is 5.96 Å². The Bertz CT molecular complexity index is 593. The van der Waals surface area contributed by atoms with Gasteiger partial charge in [-0.15, -0.1) is 11.3 Å². The molecule has 0 spiro atoms. The summed E-state index contributed by atoms with van der Waals surface area (Å²) in [5.74, 6) is 0.694. The molecule has 0 saturated heterocycles. The van der Waals surface area contributed by atoms with Crippen molar-refractivity contribution in [3.8, 4) is 0 Å². The Morgan fingerprint density at radius 3 is 2.50 bits per heavy atom. The van der Waals surface area contributed by atoms with Crippen molar-refractivity contribution in [2.24, 2.45) is 17.0 Å². The highest BCUT2D eigenvalue weighted by molar-refractivity contribution is 7.07. The van der Waals surface area contributed by atoms with Crippen LogP contribution in [0.2, 0.25) is 0 Å². The SMILES string of the molecule is CN(C)C(=Nc1ccccc1)N=c1sccn1C. The molecule has 0 unspecified atom stereocenters. The van der Waals surface area contributed by atoms with E-state index in [4.69, 9.17) is 0 Å². The first kappa shape index (κ1) is 12.6. The van der Waals surface area contributed by atoms with E-state index in [2.05, 4.69) is 9.98 Å². The zero-order valence-corrected chi connectivity index (χ0v) is 11.6. The van der Waals surface area contributed by atoms with Crippen LogP contribution in [0, 0.1) is 0 Å². The summed E-state index contributed by atoms with van der Waals surface area (Å²) < 4.78 is 1.98. The van der Waals surface area contributed by atoms with Crippen molar-refractivity contribution < 1.29 is 0 Å². The second-order valence-electron chi connectivity index (χ2n) is 4.05. The monoisotopic (exact) mass is 260 g/mol. The molecule has 18 heavy (non-hydrogen) atoms. The average molecular weight is 260 g/mol. The maximum Gasteiger partial charge on any atom is 0.228 e. The van der Waals surface area contributed by atoms with E-state index in [1.54, 1.807) is 11.3 Å². The molecule has 0 saturated carbocycles. The second kappa shape index (κ2) is 5.64. The van der Waals surface area contributed by atoms with Crippen LogP contribution < -0.4 is 4.80 Å². The van der Waals surface area contributed by atoms with Crippen LogP contribution in [0.4, 0.5) is 5.69 Å². The molecule has 0 aliphatic rings. The van der Waals surface area contributed by atoms with Crippen molar-refractivity contribution >= 4 is 23.0 Å². The first-order valence-corrected chi connectivity index (χ1v) is 6.50. The minimum Gasteiger partial charge on any atom is -0.347 e. The number of aryl methyl sites for hydroxylation is 1. The van der Waals surface area contributed by atoms with Crippen LogP contribution in [0.3, 0.4) is 0 Å². The van der Waals surface area contributed by atoms with Gasteiger partial charge in [-0.3, -0.25) is 0 Å². The van der Waals surface area contributed by atoms with Gasteiger partial charge < -0.3 is 9.47 Å². The Labute approximate surface area is 111 Å². The molecule has 0 amide bonds. The molecule has 94 valence electrons. The molecule has 0 fully saturated rings. The molecule has 2 aromatic rings. The number of hydrogen-bond acceptors (Lipinski definition) is 2. The zero-order valence-electron chi connectivity index (χ0n) is 10.7. The lowest BCUT2D eigenvalue weighted by Crippen LogP contribution is -2.23. The fourth-order valence-electron chi connectivity index (χ4n) is 1.36. The summed E-state index contributed by atoms with van der Waals surface area (Å²) in [6.45, 7) is 0. The fourth-order valence-corrected chi connectivity index (χ4v) is 2.09. The Morgan fingerprint density at radius 2 is 1.94 bits per heavy atom. The van der Waals surface area contributed by atoms with E-state index in [0.29, 0.717) is 5.96 Å². The molecule has 0 atom stereocenters. The highest BCUT2D eigenvalue weighted by Gasteiger charge is 2.01. The van der Waals surface area contributed by atoms with E-state index < -0.39 is 0 Å². The number of nitrogens with zero attached hydrogens (tertiary/aromatic N) is 4. The third-order valence-electron chi connectivity index (χ3n) is 2.34. The van der Waals surface area contributed by atoms with E-state index in [0.717, 1.165) is 10.5 Å². The molecule has 5 heteroatoms. The number of para-hydroxylation sites is 1. The summed E-state index contributed by atoms with van der Waals surface area (Å²) in [5.41, 5.74) is 0.907. The lowest BCUT2D eigenvalue weighted by Gasteiger charge is -2.10. The molecule has 0 bridgehead atoms. The molecule has 1 heterocycles. The van der Waals surface area contributed by atoms with Crippen molar-refractivity contribution in [1.29, 1.82) is 0 Å². The predicted molar refractivity (Wildman–Crippen MR) is 76.1 cm³/mol. The molecule has 0 aliphatic heterocycles. The molecule has 0 aliphatic carbocycles. The van der Waals surface area contributed by atoms with Crippen molar-refractivity contribution in [3.63, 3.8) is 0 Å². The molecular weight excluding hydrogens is 244 g/mol. The zero-order chi connectivity index (χ0) is 13.0. The predicted octanol–water partition coefficient (Wildman–Crippen LogP) is 2.24. The first-order chi connectivity index (χ1) is 8.66. The Balaban J connectivity index is 2.43. The van der Waals surface area contributed by atoms with E-state index in [9.17, 15) is 0 Å². The number of aliphatic imine (C=N–C) groups is 1. The van der Waals surface area contributed by atoms with Gasteiger partial charge >= 0.3 is 0 Å². The van der Waals surface area contributed by atoms with Gasteiger partial charge in [0.05, 0.1) is 5.69 Å². The summed E-state index contributed by atoms with van der Waals surface area (Å²) in [5, 5.41) is 2.01. The highest BCUT2D eigenvalue weighted by Crippen LogP contribution is 2.10. The number of aromatic nitrogens is 1. The summed E-state index contributed by atoms with van der Waals surface area (Å²) in [7, 11) is 5.86. The van der Waals surface area contributed by atoms with Gasteiger partial charge in [-0.25, -0.2) is 4.99 Å². The van der Waals surface area contributed by atoms with Gasteiger partial charge in [-0.2, -0.15) is 4.99 Å². The molecule has 2 rings (SSSR count). The van der Waals surface area contributed by atoms with E-state index >= 15 is 0 Å². The summed E-state index contributed by atoms with van der Waals surface area (Å²) in [6, 6.07) is 9.85.